The summed E-state index contributed by atoms with van der Waals surface area (Å²) in [6.45, 7) is 0. The number of nitrogens with zero attached hydrogens (tertiary/aromatic N) is 1. The van der Waals surface area contributed by atoms with Gasteiger partial charge in [0, 0.05) is 24.0 Å². The van der Waals surface area contributed by atoms with Crippen molar-refractivity contribution in [1.29, 1.82) is 0 Å². The molecule has 2 aromatic carbocycles. The van der Waals surface area contributed by atoms with E-state index in [-0.39, 0.29) is 5.24 Å². The molecule has 0 aliphatic carbocycles. The first-order valence-electron chi connectivity index (χ1n) is 7.94. The minimum Gasteiger partial charge on any atom is -0.339 e. The Balaban J connectivity index is 0.000000289. The fourth-order valence-electron chi connectivity index (χ4n) is 1.71. The van der Waals surface area contributed by atoms with Crippen LogP contribution in [0.25, 0.3) is 12.2 Å². The number of halogens is 1. The second-order valence-electron chi connectivity index (χ2n) is 5.37. The highest BCUT2D eigenvalue weighted by Gasteiger charge is 2.05. The van der Waals surface area contributed by atoms with Crippen molar-refractivity contribution in [2.45, 2.75) is 4.90 Å². The molecule has 0 aromatic heterocycles. The predicted molar refractivity (Wildman–Crippen MR) is 113 cm³/mol. The van der Waals surface area contributed by atoms with Gasteiger partial charge in [-0.25, -0.2) is 0 Å². The van der Waals surface area contributed by atoms with Crippen LogP contribution in [0.3, 0.4) is 0 Å². The Morgan fingerprint density at radius 1 is 0.852 bits per heavy atom. The average Bonchev–Trinajstić information content (AvgIpc) is 2.67. The maximum atomic E-state index is 11.4. The molecule has 140 valence electrons. The van der Waals surface area contributed by atoms with E-state index in [1.807, 2.05) is 36.4 Å². The van der Waals surface area contributed by atoms with Crippen molar-refractivity contribution >= 4 is 53.3 Å². The number of aldehydes is 2. The van der Waals surface area contributed by atoms with Gasteiger partial charge in [-0.05, 0) is 59.3 Å². The van der Waals surface area contributed by atoms with E-state index in [0.29, 0.717) is 5.02 Å². The van der Waals surface area contributed by atoms with Gasteiger partial charge in [0.1, 0.15) is 12.6 Å². The first kappa shape index (κ1) is 22.4. The molecule has 2 aromatic rings. The first-order valence-corrected chi connectivity index (χ1v) is 9.14. The van der Waals surface area contributed by atoms with Gasteiger partial charge in [0.25, 0.3) is 5.24 Å². The summed E-state index contributed by atoms with van der Waals surface area (Å²) < 4.78 is 0. The van der Waals surface area contributed by atoms with Gasteiger partial charge in [-0.2, -0.15) is 0 Å². The number of thioether (sulfide) groups is 1. The second-order valence-corrected chi connectivity index (χ2v) is 6.83. The summed E-state index contributed by atoms with van der Waals surface area (Å²) >= 11 is 6.83. The lowest BCUT2D eigenvalue weighted by Crippen LogP contribution is -2.15. The quantitative estimate of drug-likeness (QED) is 0.391. The molecule has 6 heteroatoms. The normalized spacial score (nSPS) is 10.3. The van der Waals surface area contributed by atoms with E-state index in [9.17, 15) is 14.4 Å². The van der Waals surface area contributed by atoms with E-state index >= 15 is 0 Å². The highest BCUT2D eigenvalue weighted by molar-refractivity contribution is 8.13. The van der Waals surface area contributed by atoms with Gasteiger partial charge in [0.15, 0.2) is 0 Å². The van der Waals surface area contributed by atoms with E-state index in [1.165, 1.54) is 28.8 Å². The molecule has 0 atom stereocenters. The Bertz CT molecular complexity index is 797. The van der Waals surface area contributed by atoms with Gasteiger partial charge in [0.05, 0.1) is 0 Å². The van der Waals surface area contributed by atoms with Crippen LogP contribution in [0.1, 0.15) is 11.1 Å². The lowest BCUT2D eigenvalue weighted by Gasteiger charge is -2.08. The summed E-state index contributed by atoms with van der Waals surface area (Å²) in [4.78, 5) is 33.9. The molecule has 2 rings (SSSR count). The van der Waals surface area contributed by atoms with E-state index in [2.05, 4.69) is 0 Å². The molecule has 0 N–H and O–H groups in total. The molecule has 0 saturated heterocycles. The van der Waals surface area contributed by atoms with Crippen LogP contribution < -0.4 is 0 Å². The van der Waals surface area contributed by atoms with Crippen LogP contribution in [0.15, 0.2) is 65.6 Å². The smallest absolute Gasteiger partial charge is 0.285 e. The van der Waals surface area contributed by atoms with E-state index in [1.54, 1.807) is 38.4 Å². The number of hydrogen-bond donors (Lipinski definition) is 0. The molecule has 0 aliphatic rings. The number of carbonyl (C=O) groups excluding carboxylic acids is 3. The molecule has 0 aliphatic heterocycles. The molecular formula is C21H20ClNO3S. The van der Waals surface area contributed by atoms with Gasteiger partial charge in [0.2, 0.25) is 0 Å². The van der Waals surface area contributed by atoms with Crippen LogP contribution >= 0.6 is 23.4 Å². The third-order valence-electron chi connectivity index (χ3n) is 3.05. The van der Waals surface area contributed by atoms with Crippen LogP contribution in [0.2, 0.25) is 5.02 Å². The number of carbonyl (C=O) groups is 3. The molecule has 0 unspecified atom stereocenters. The Kier molecular flexibility index (Phi) is 10.5. The summed E-state index contributed by atoms with van der Waals surface area (Å²) in [5, 5.41) is 0.699. The Labute approximate surface area is 168 Å². The summed E-state index contributed by atoms with van der Waals surface area (Å²) in [7, 11) is 3.44. The Morgan fingerprint density at radius 3 is 1.70 bits per heavy atom. The average molecular weight is 402 g/mol. The summed E-state index contributed by atoms with van der Waals surface area (Å²) in [6, 6.07) is 14.7. The van der Waals surface area contributed by atoms with Gasteiger partial charge < -0.3 is 4.90 Å². The van der Waals surface area contributed by atoms with E-state index in [0.717, 1.165) is 28.6 Å². The maximum absolute atomic E-state index is 11.4. The number of hydrogen-bond acceptors (Lipinski definition) is 4. The largest absolute Gasteiger partial charge is 0.339 e. The zero-order chi connectivity index (χ0) is 20.1. The fourth-order valence-corrected chi connectivity index (χ4v) is 2.50. The molecular weight excluding hydrogens is 382 g/mol. The molecule has 1 amide bonds. The van der Waals surface area contributed by atoms with Crippen LogP contribution in [-0.2, 0) is 9.59 Å². The molecule has 0 spiro atoms. The van der Waals surface area contributed by atoms with Gasteiger partial charge in [-0.15, -0.1) is 0 Å². The van der Waals surface area contributed by atoms with Crippen molar-refractivity contribution in [3.8, 4) is 0 Å². The lowest BCUT2D eigenvalue weighted by molar-refractivity contribution is -0.104. The molecule has 0 heterocycles. The monoisotopic (exact) mass is 401 g/mol. The fraction of sp³-hybridized carbons (Fsp3) is 0.0952. The maximum Gasteiger partial charge on any atom is 0.285 e. The van der Waals surface area contributed by atoms with Crippen molar-refractivity contribution in [2.75, 3.05) is 14.1 Å². The zero-order valence-electron chi connectivity index (χ0n) is 15.0. The van der Waals surface area contributed by atoms with Crippen molar-refractivity contribution < 1.29 is 14.4 Å². The van der Waals surface area contributed by atoms with Crippen molar-refractivity contribution in [3.05, 3.63) is 76.8 Å². The zero-order valence-corrected chi connectivity index (χ0v) is 16.6. The van der Waals surface area contributed by atoms with Crippen LogP contribution in [0.4, 0.5) is 4.79 Å². The van der Waals surface area contributed by atoms with E-state index in [4.69, 9.17) is 11.6 Å². The van der Waals surface area contributed by atoms with Gasteiger partial charge in [-0.1, -0.05) is 48.0 Å². The molecule has 0 bridgehead atoms. The third kappa shape index (κ3) is 9.58. The molecule has 0 radical (unpaired) electrons. The van der Waals surface area contributed by atoms with Crippen LogP contribution in [-0.4, -0.2) is 36.8 Å². The predicted octanol–water partition coefficient (Wildman–Crippen LogP) is 5.22. The molecule has 0 saturated carbocycles. The number of amides is 1. The number of allylic oxidation sites excluding steroid dienone is 2. The number of rotatable bonds is 5. The van der Waals surface area contributed by atoms with Crippen molar-refractivity contribution in [3.63, 3.8) is 0 Å². The first-order chi connectivity index (χ1) is 13.0. The minimum absolute atomic E-state index is 0.00353. The summed E-state index contributed by atoms with van der Waals surface area (Å²) in [5.74, 6) is 0. The van der Waals surface area contributed by atoms with Crippen LogP contribution in [0, 0.1) is 0 Å². The standard InChI is InChI=1S/C12H13NO2S.C9H7ClO/c1-13(2)12(15)16-11-7-5-10(6-8-11)4-3-9-14;10-9-5-3-8(4-6-9)2-1-7-11/h3-9H,1-2H3;1-7H. The van der Waals surface area contributed by atoms with Gasteiger partial charge in [-0.3, -0.25) is 14.4 Å². The Hall–Kier alpha value is -2.63. The van der Waals surface area contributed by atoms with E-state index < -0.39 is 0 Å². The molecule has 0 fully saturated rings. The number of benzene rings is 2. The lowest BCUT2D eigenvalue weighted by atomic mass is 10.2. The Morgan fingerprint density at radius 2 is 1.30 bits per heavy atom. The minimum atomic E-state index is -0.00353. The summed E-state index contributed by atoms with van der Waals surface area (Å²) in [6.07, 6.45) is 7.81. The summed E-state index contributed by atoms with van der Waals surface area (Å²) in [5.41, 5.74) is 1.91. The second kappa shape index (κ2) is 12.7. The van der Waals surface area contributed by atoms with Gasteiger partial charge >= 0.3 is 0 Å². The topological polar surface area (TPSA) is 54.5 Å². The third-order valence-corrected chi connectivity index (χ3v) is 4.35. The molecule has 4 nitrogen and oxygen atoms in total. The SMILES string of the molecule is CN(C)C(=O)Sc1ccc(C=CC=O)cc1.O=CC=Cc1ccc(Cl)cc1. The van der Waals surface area contributed by atoms with Crippen LogP contribution in [0.5, 0.6) is 0 Å². The highest BCUT2D eigenvalue weighted by Crippen LogP contribution is 2.21. The highest BCUT2D eigenvalue weighted by atomic mass is 35.5. The van der Waals surface area contributed by atoms with Crippen molar-refractivity contribution in [1.82, 2.24) is 4.90 Å². The molecule has 27 heavy (non-hydrogen) atoms. The van der Waals surface area contributed by atoms with Crippen molar-refractivity contribution in [2.24, 2.45) is 0 Å².